The van der Waals surface area contributed by atoms with Gasteiger partial charge in [0.05, 0.1) is 16.4 Å². The Morgan fingerprint density at radius 3 is 2.52 bits per heavy atom. The summed E-state index contributed by atoms with van der Waals surface area (Å²) in [5.41, 5.74) is 6.64. The summed E-state index contributed by atoms with van der Waals surface area (Å²) in [6, 6.07) is 2.59. The predicted octanol–water partition coefficient (Wildman–Crippen LogP) is 1.15. The van der Waals surface area contributed by atoms with Crippen LogP contribution < -0.4 is 5.73 Å². The second-order valence-corrected chi connectivity index (χ2v) is 10.3. The minimum absolute atomic E-state index is 0.0249. The minimum atomic E-state index is -3.79. The SMILES string of the molecule is Cc1c(N)cc(Br)cc1S(=O)(=O)N(C)C1CCS(=O)(=O)C1. The first-order chi connectivity index (χ1) is 9.54. The van der Waals surface area contributed by atoms with E-state index >= 15 is 0 Å². The highest BCUT2D eigenvalue weighted by molar-refractivity contribution is 9.10. The Balaban J connectivity index is 2.43. The van der Waals surface area contributed by atoms with Crippen LogP contribution in [-0.4, -0.2) is 45.7 Å². The molecule has 1 heterocycles. The van der Waals surface area contributed by atoms with Crippen molar-refractivity contribution in [2.24, 2.45) is 0 Å². The van der Waals surface area contributed by atoms with E-state index in [4.69, 9.17) is 5.73 Å². The van der Waals surface area contributed by atoms with E-state index in [-0.39, 0.29) is 16.4 Å². The van der Waals surface area contributed by atoms with Crippen LogP contribution in [0, 0.1) is 6.92 Å². The molecule has 2 rings (SSSR count). The van der Waals surface area contributed by atoms with Crippen LogP contribution in [0.2, 0.25) is 0 Å². The van der Waals surface area contributed by atoms with Crippen molar-refractivity contribution in [1.29, 1.82) is 0 Å². The Morgan fingerprint density at radius 2 is 2.00 bits per heavy atom. The molecular weight excluding hydrogens is 380 g/mol. The molecule has 1 aromatic carbocycles. The number of anilines is 1. The molecule has 1 fully saturated rings. The number of sulfone groups is 1. The molecule has 1 saturated heterocycles. The second-order valence-electron chi connectivity index (χ2n) is 5.20. The normalized spacial score (nSPS) is 21.8. The predicted molar refractivity (Wildman–Crippen MR) is 85.3 cm³/mol. The highest BCUT2D eigenvalue weighted by Crippen LogP contribution is 2.30. The molecule has 0 amide bonds. The third kappa shape index (κ3) is 3.25. The van der Waals surface area contributed by atoms with Gasteiger partial charge in [0.15, 0.2) is 9.84 Å². The van der Waals surface area contributed by atoms with Crippen molar-refractivity contribution >= 4 is 41.5 Å². The van der Waals surface area contributed by atoms with Crippen molar-refractivity contribution in [3.8, 4) is 0 Å². The number of halogens is 1. The number of benzene rings is 1. The highest BCUT2D eigenvalue weighted by atomic mass is 79.9. The van der Waals surface area contributed by atoms with Crippen LogP contribution >= 0.6 is 15.9 Å². The fraction of sp³-hybridized carbons (Fsp3) is 0.500. The summed E-state index contributed by atoms with van der Waals surface area (Å²) in [5.74, 6) is -0.109. The van der Waals surface area contributed by atoms with Crippen LogP contribution in [0.3, 0.4) is 0 Å². The van der Waals surface area contributed by atoms with Gasteiger partial charge in [0, 0.05) is 23.2 Å². The number of sulfonamides is 1. The lowest BCUT2D eigenvalue weighted by Gasteiger charge is -2.24. The standard InChI is InChI=1S/C12H17BrN2O4S2/c1-8-11(14)5-9(13)6-12(8)21(18,19)15(2)10-3-4-20(16,17)7-10/h5-6,10H,3-4,7,14H2,1-2H3. The summed E-state index contributed by atoms with van der Waals surface area (Å²) >= 11 is 3.23. The maximum Gasteiger partial charge on any atom is 0.243 e. The van der Waals surface area contributed by atoms with E-state index < -0.39 is 25.9 Å². The monoisotopic (exact) mass is 396 g/mol. The van der Waals surface area contributed by atoms with Gasteiger partial charge in [0.1, 0.15) is 0 Å². The molecule has 21 heavy (non-hydrogen) atoms. The van der Waals surface area contributed by atoms with Gasteiger partial charge in [0.25, 0.3) is 0 Å². The van der Waals surface area contributed by atoms with Crippen LogP contribution in [0.1, 0.15) is 12.0 Å². The summed E-state index contributed by atoms with van der Waals surface area (Å²) in [6.45, 7) is 1.63. The average molecular weight is 397 g/mol. The molecule has 0 radical (unpaired) electrons. The molecule has 6 nitrogen and oxygen atoms in total. The van der Waals surface area contributed by atoms with Crippen LogP contribution in [0.5, 0.6) is 0 Å². The van der Waals surface area contributed by atoms with Gasteiger partial charge in [-0.05, 0) is 31.0 Å². The first-order valence-electron chi connectivity index (χ1n) is 6.28. The zero-order valence-electron chi connectivity index (χ0n) is 11.7. The third-order valence-corrected chi connectivity index (χ3v) is 7.99. The number of nitrogens with two attached hydrogens (primary N) is 1. The zero-order valence-corrected chi connectivity index (χ0v) is 14.9. The smallest absolute Gasteiger partial charge is 0.243 e. The zero-order chi connectivity index (χ0) is 16.0. The van der Waals surface area contributed by atoms with E-state index in [0.717, 1.165) is 4.31 Å². The Morgan fingerprint density at radius 1 is 1.38 bits per heavy atom. The van der Waals surface area contributed by atoms with E-state index in [1.807, 2.05) is 0 Å². The number of nitrogens with zero attached hydrogens (tertiary/aromatic N) is 1. The van der Waals surface area contributed by atoms with E-state index in [0.29, 0.717) is 22.1 Å². The van der Waals surface area contributed by atoms with Crippen molar-refractivity contribution in [3.63, 3.8) is 0 Å². The van der Waals surface area contributed by atoms with Crippen LogP contribution in [0.15, 0.2) is 21.5 Å². The molecule has 1 atom stereocenters. The molecule has 0 bridgehead atoms. The van der Waals surface area contributed by atoms with Crippen LogP contribution in [-0.2, 0) is 19.9 Å². The molecule has 2 N–H and O–H groups in total. The van der Waals surface area contributed by atoms with Crippen molar-refractivity contribution in [2.45, 2.75) is 24.3 Å². The fourth-order valence-electron chi connectivity index (χ4n) is 2.36. The Labute approximate surface area is 133 Å². The van der Waals surface area contributed by atoms with Gasteiger partial charge in [-0.2, -0.15) is 4.31 Å². The molecule has 0 saturated carbocycles. The number of rotatable bonds is 3. The Bertz CT molecular complexity index is 775. The fourth-order valence-corrected chi connectivity index (χ4v) is 6.51. The topological polar surface area (TPSA) is 97.5 Å². The lowest BCUT2D eigenvalue weighted by Crippen LogP contribution is -2.38. The first kappa shape index (κ1) is 16.7. The number of hydrogen-bond acceptors (Lipinski definition) is 5. The van der Waals surface area contributed by atoms with Gasteiger partial charge in [-0.25, -0.2) is 16.8 Å². The largest absolute Gasteiger partial charge is 0.398 e. The minimum Gasteiger partial charge on any atom is -0.398 e. The summed E-state index contributed by atoms with van der Waals surface area (Å²) < 4.78 is 50.2. The molecule has 0 aliphatic carbocycles. The molecule has 1 aromatic rings. The van der Waals surface area contributed by atoms with Crippen LogP contribution in [0.4, 0.5) is 5.69 Å². The Kier molecular flexibility index (Phi) is 4.40. The van der Waals surface area contributed by atoms with Crippen molar-refractivity contribution in [3.05, 3.63) is 22.2 Å². The van der Waals surface area contributed by atoms with Gasteiger partial charge in [0.2, 0.25) is 10.0 Å². The van der Waals surface area contributed by atoms with Gasteiger partial charge in [-0.3, -0.25) is 0 Å². The third-order valence-electron chi connectivity index (χ3n) is 3.74. The Hall–Kier alpha value is -0.640. The van der Waals surface area contributed by atoms with Gasteiger partial charge in [-0.1, -0.05) is 15.9 Å². The molecule has 1 aliphatic rings. The summed E-state index contributed by atoms with van der Waals surface area (Å²) in [6.07, 6.45) is 0.320. The molecule has 1 unspecified atom stereocenters. The van der Waals surface area contributed by atoms with E-state index in [2.05, 4.69) is 15.9 Å². The van der Waals surface area contributed by atoms with E-state index in [1.54, 1.807) is 13.0 Å². The van der Waals surface area contributed by atoms with Crippen molar-refractivity contribution < 1.29 is 16.8 Å². The van der Waals surface area contributed by atoms with Crippen molar-refractivity contribution in [2.75, 3.05) is 24.3 Å². The van der Waals surface area contributed by atoms with Crippen LogP contribution in [0.25, 0.3) is 0 Å². The highest BCUT2D eigenvalue weighted by Gasteiger charge is 2.37. The number of nitrogen functional groups attached to an aromatic ring is 1. The quantitative estimate of drug-likeness (QED) is 0.772. The van der Waals surface area contributed by atoms with E-state index in [9.17, 15) is 16.8 Å². The average Bonchev–Trinajstić information content (AvgIpc) is 2.73. The first-order valence-corrected chi connectivity index (χ1v) is 10.3. The molecule has 1 aliphatic heterocycles. The summed E-state index contributed by atoms with van der Waals surface area (Å²) in [5, 5.41) is 0. The van der Waals surface area contributed by atoms with Gasteiger partial charge in [-0.15, -0.1) is 0 Å². The molecule has 0 aromatic heterocycles. The molecule has 0 spiro atoms. The lowest BCUT2D eigenvalue weighted by atomic mass is 10.2. The maximum absolute atomic E-state index is 12.7. The molecule has 118 valence electrons. The van der Waals surface area contributed by atoms with E-state index in [1.165, 1.54) is 13.1 Å². The van der Waals surface area contributed by atoms with Gasteiger partial charge < -0.3 is 5.73 Å². The van der Waals surface area contributed by atoms with Crippen molar-refractivity contribution in [1.82, 2.24) is 4.31 Å². The lowest BCUT2D eigenvalue weighted by molar-refractivity contribution is 0.393. The summed E-state index contributed by atoms with van der Waals surface area (Å²) in [4.78, 5) is 0.0983. The molecule has 9 heteroatoms. The molecular formula is C12H17BrN2O4S2. The number of hydrogen-bond donors (Lipinski definition) is 1. The maximum atomic E-state index is 12.7. The van der Waals surface area contributed by atoms with Gasteiger partial charge >= 0.3 is 0 Å². The second kappa shape index (κ2) is 5.53. The summed E-state index contributed by atoms with van der Waals surface area (Å²) in [7, 11) is -5.52.